The molecule has 134 valence electrons. The molecule has 1 unspecified atom stereocenters. The van der Waals surface area contributed by atoms with Gasteiger partial charge in [-0.1, -0.05) is 59.7 Å². The number of hydrogen-bond donors (Lipinski definition) is 0. The van der Waals surface area contributed by atoms with E-state index in [0.29, 0.717) is 21.9 Å². The molecule has 1 atom stereocenters. The summed E-state index contributed by atoms with van der Waals surface area (Å²) in [5.41, 5.74) is 1.92. The third-order valence-corrected chi connectivity index (χ3v) is 12.6. The van der Waals surface area contributed by atoms with Gasteiger partial charge in [-0.2, -0.15) is 0 Å². The Morgan fingerprint density at radius 3 is 2.08 bits per heavy atom. The fourth-order valence-electron chi connectivity index (χ4n) is 4.28. The molecule has 0 radical (unpaired) electrons. The van der Waals surface area contributed by atoms with Crippen LogP contribution in [0.15, 0.2) is 47.1 Å². The van der Waals surface area contributed by atoms with E-state index in [1.807, 2.05) is 11.8 Å². The van der Waals surface area contributed by atoms with Crippen LogP contribution in [-0.4, -0.2) is 13.6 Å². The summed E-state index contributed by atoms with van der Waals surface area (Å²) < 4.78 is 6.92. The van der Waals surface area contributed by atoms with Gasteiger partial charge < -0.3 is 4.43 Å². The first-order valence-corrected chi connectivity index (χ1v) is 12.5. The van der Waals surface area contributed by atoms with Crippen LogP contribution in [-0.2, 0) is 4.43 Å². The van der Waals surface area contributed by atoms with E-state index in [1.54, 1.807) is 0 Å². The molecule has 0 amide bonds. The van der Waals surface area contributed by atoms with E-state index in [1.165, 1.54) is 23.5 Å². The summed E-state index contributed by atoms with van der Waals surface area (Å²) in [6.07, 6.45) is 6.05. The first-order valence-electron chi connectivity index (χ1n) is 9.47. The second kappa shape index (κ2) is 8.62. The molecule has 1 aliphatic rings. The minimum absolute atomic E-state index is 0.550. The highest BCUT2D eigenvalue weighted by Crippen LogP contribution is 2.45. The summed E-state index contributed by atoms with van der Waals surface area (Å²) in [5, 5.41) is 0.550. The van der Waals surface area contributed by atoms with E-state index in [9.17, 15) is 0 Å². The lowest BCUT2D eigenvalue weighted by Gasteiger charge is -2.43. The standard InChI is InChI=1S/C21H34OSSi/c1-16(2)24(17(3)4,18(5)6)22-19-11-10-14-21(15-19)23-20-12-8-7-9-13-20/h7-9,12-13,15-18,21H,10-11,14H2,1-6H3. The molecule has 2 rings (SSSR count). The Labute approximate surface area is 154 Å². The van der Waals surface area contributed by atoms with E-state index in [2.05, 4.69) is 78.0 Å². The highest BCUT2D eigenvalue weighted by Gasteiger charge is 2.47. The molecule has 0 saturated carbocycles. The van der Waals surface area contributed by atoms with Crippen LogP contribution in [0.5, 0.6) is 0 Å². The van der Waals surface area contributed by atoms with E-state index < -0.39 is 8.32 Å². The van der Waals surface area contributed by atoms with Crippen LogP contribution < -0.4 is 0 Å². The van der Waals surface area contributed by atoms with Gasteiger partial charge in [-0.3, -0.25) is 0 Å². The van der Waals surface area contributed by atoms with E-state index in [4.69, 9.17) is 4.43 Å². The van der Waals surface area contributed by atoms with Crippen molar-refractivity contribution in [3.05, 3.63) is 42.2 Å². The summed E-state index contributed by atoms with van der Waals surface area (Å²) in [5.74, 6) is 1.28. The zero-order valence-electron chi connectivity index (χ0n) is 16.2. The largest absolute Gasteiger partial charge is 0.546 e. The van der Waals surface area contributed by atoms with E-state index >= 15 is 0 Å². The fourth-order valence-corrected chi connectivity index (χ4v) is 10.8. The van der Waals surface area contributed by atoms with Gasteiger partial charge in [0.2, 0.25) is 0 Å². The van der Waals surface area contributed by atoms with Gasteiger partial charge in [0.1, 0.15) is 0 Å². The number of thioether (sulfide) groups is 1. The molecule has 0 spiro atoms. The second-order valence-corrected chi connectivity index (χ2v) is 14.6. The maximum atomic E-state index is 6.92. The molecule has 0 N–H and O–H groups in total. The lowest BCUT2D eigenvalue weighted by molar-refractivity contribution is 0.341. The average molecular weight is 363 g/mol. The maximum absolute atomic E-state index is 6.92. The van der Waals surface area contributed by atoms with Crippen molar-refractivity contribution in [3.63, 3.8) is 0 Å². The lowest BCUT2D eigenvalue weighted by atomic mass is 10.1. The van der Waals surface area contributed by atoms with Crippen molar-refractivity contribution in [3.8, 4) is 0 Å². The topological polar surface area (TPSA) is 9.23 Å². The molecule has 1 nitrogen and oxygen atoms in total. The van der Waals surface area contributed by atoms with Crippen LogP contribution in [0.2, 0.25) is 16.6 Å². The molecule has 0 bridgehead atoms. The zero-order chi connectivity index (χ0) is 17.7. The SMILES string of the molecule is CC(C)[Si](OC1=CC(Sc2ccccc2)CCC1)(C(C)C)C(C)C. The first kappa shape index (κ1) is 19.6. The Hall–Kier alpha value is -0.673. The molecule has 1 aromatic rings. The van der Waals surface area contributed by atoms with Crippen molar-refractivity contribution in [2.75, 3.05) is 0 Å². The van der Waals surface area contributed by atoms with Crippen molar-refractivity contribution in [2.45, 2.75) is 87.6 Å². The van der Waals surface area contributed by atoms with Gasteiger partial charge in [-0.15, -0.1) is 11.8 Å². The smallest absolute Gasteiger partial charge is 0.258 e. The van der Waals surface area contributed by atoms with Crippen LogP contribution in [0.3, 0.4) is 0 Å². The minimum Gasteiger partial charge on any atom is -0.546 e. The highest BCUT2D eigenvalue weighted by atomic mass is 32.2. The van der Waals surface area contributed by atoms with Gasteiger partial charge in [0.05, 0.1) is 5.76 Å². The van der Waals surface area contributed by atoms with Crippen LogP contribution in [0.25, 0.3) is 0 Å². The van der Waals surface area contributed by atoms with Gasteiger partial charge in [-0.05, 0) is 47.7 Å². The van der Waals surface area contributed by atoms with E-state index in [-0.39, 0.29) is 0 Å². The third-order valence-electron chi connectivity index (χ3n) is 5.33. The summed E-state index contributed by atoms with van der Waals surface area (Å²) in [4.78, 5) is 1.36. The third kappa shape index (κ3) is 4.48. The molecule has 0 heterocycles. The summed E-state index contributed by atoms with van der Waals surface area (Å²) in [6.45, 7) is 14.2. The predicted molar refractivity (Wildman–Crippen MR) is 110 cm³/mol. The van der Waals surface area contributed by atoms with Crippen molar-refractivity contribution in [1.29, 1.82) is 0 Å². The Morgan fingerprint density at radius 2 is 1.54 bits per heavy atom. The molecule has 3 heteroatoms. The van der Waals surface area contributed by atoms with Crippen molar-refractivity contribution < 1.29 is 4.43 Å². The monoisotopic (exact) mass is 362 g/mol. The average Bonchev–Trinajstić information content (AvgIpc) is 2.53. The number of allylic oxidation sites excluding steroid dienone is 1. The minimum atomic E-state index is -1.81. The van der Waals surface area contributed by atoms with Crippen LogP contribution in [0.4, 0.5) is 0 Å². The highest BCUT2D eigenvalue weighted by molar-refractivity contribution is 8.00. The number of hydrogen-bond acceptors (Lipinski definition) is 2. The molecule has 0 aliphatic heterocycles. The summed E-state index contributed by atoms with van der Waals surface area (Å²) >= 11 is 1.98. The molecule has 0 saturated heterocycles. The Bertz CT molecular complexity index is 514. The predicted octanol–water partition coefficient (Wildman–Crippen LogP) is 7.41. The summed E-state index contributed by atoms with van der Waals surface area (Å²) in [6, 6.07) is 10.8. The van der Waals surface area contributed by atoms with Crippen LogP contribution in [0.1, 0.15) is 60.8 Å². The molecule has 1 aromatic carbocycles. The molecule has 24 heavy (non-hydrogen) atoms. The maximum Gasteiger partial charge on any atom is 0.258 e. The number of rotatable bonds is 7. The lowest BCUT2D eigenvalue weighted by Crippen LogP contribution is -2.47. The van der Waals surface area contributed by atoms with Gasteiger partial charge in [0, 0.05) is 16.6 Å². The molecular formula is C21H34OSSi. The summed E-state index contributed by atoms with van der Waals surface area (Å²) in [7, 11) is -1.81. The van der Waals surface area contributed by atoms with Gasteiger partial charge in [0.15, 0.2) is 0 Å². The molecule has 0 aromatic heterocycles. The second-order valence-electron chi connectivity index (χ2n) is 7.91. The first-order chi connectivity index (χ1) is 11.4. The number of benzene rings is 1. The van der Waals surface area contributed by atoms with Gasteiger partial charge in [0.25, 0.3) is 8.32 Å². The van der Waals surface area contributed by atoms with Gasteiger partial charge in [-0.25, -0.2) is 0 Å². The Balaban J connectivity index is 2.17. The fraction of sp³-hybridized carbons (Fsp3) is 0.619. The van der Waals surface area contributed by atoms with Crippen LogP contribution >= 0.6 is 11.8 Å². The molecule has 1 aliphatic carbocycles. The quantitative estimate of drug-likeness (QED) is 0.467. The molecular weight excluding hydrogens is 328 g/mol. The van der Waals surface area contributed by atoms with E-state index in [0.717, 1.165) is 6.42 Å². The van der Waals surface area contributed by atoms with Crippen molar-refractivity contribution in [1.82, 2.24) is 0 Å². The van der Waals surface area contributed by atoms with Crippen molar-refractivity contribution >= 4 is 20.1 Å². The van der Waals surface area contributed by atoms with Crippen molar-refractivity contribution in [2.24, 2.45) is 0 Å². The Kier molecular flexibility index (Phi) is 7.06. The zero-order valence-corrected chi connectivity index (χ0v) is 18.0. The molecule has 0 fully saturated rings. The normalized spacial score (nSPS) is 19.0. The van der Waals surface area contributed by atoms with Gasteiger partial charge >= 0.3 is 0 Å². The Morgan fingerprint density at radius 1 is 0.958 bits per heavy atom. The van der Waals surface area contributed by atoms with Crippen LogP contribution in [0, 0.1) is 0 Å².